The van der Waals surface area contributed by atoms with Crippen LogP contribution < -0.4 is 5.32 Å². The van der Waals surface area contributed by atoms with Crippen LogP contribution in [-0.4, -0.2) is 6.54 Å². The highest BCUT2D eigenvalue weighted by Gasteiger charge is 1.99. The molecule has 2 nitrogen and oxygen atoms in total. The lowest BCUT2D eigenvalue weighted by molar-refractivity contribution is 0.584. The summed E-state index contributed by atoms with van der Waals surface area (Å²) in [6, 6.07) is 5.36. The van der Waals surface area contributed by atoms with Gasteiger partial charge in [0.1, 0.15) is 11.6 Å². The molecule has 1 aromatic rings. The molecule has 0 atom stereocenters. The van der Waals surface area contributed by atoms with E-state index in [0.717, 1.165) is 18.9 Å². The zero-order chi connectivity index (χ0) is 11.1. The predicted octanol–water partition coefficient (Wildman–Crippen LogP) is 3.07. The Morgan fingerprint density at radius 3 is 2.40 bits per heavy atom. The Balaban J connectivity index is 2.34. The van der Waals surface area contributed by atoms with Crippen molar-refractivity contribution >= 4 is 5.69 Å². The Morgan fingerprint density at radius 1 is 1.13 bits per heavy atom. The summed E-state index contributed by atoms with van der Waals surface area (Å²) < 4.78 is 25.5. The van der Waals surface area contributed by atoms with Crippen molar-refractivity contribution in [2.45, 2.75) is 19.3 Å². The van der Waals surface area contributed by atoms with Gasteiger partial charge in [0.05, 0.1) is 6.07 Å². The molecule has 15 heavy (non-hydrogen) atoms. The monoisotopic (exact) mass is 210 g/mol. The van der Waals surface area contributed by atoms with E-state index in [9.17, 15) is 8.78 Å². The van der Waals surface area contributed by atoms with Gasteiger partial charge in [-0.2, -0.15) is 5.26 Å². The zero-order valence-electron chi connectivity index (χ0n) is 8.26. The summed E-state index contributed by atoms with van der Waals surface area (Å²) in [6.07, 6.45) is 2.12. The topological polar surface area (TPSA) is 35.8 Å². The molecule has 0 saturated heterocycles. The molecular formula is C11H12F2N2. The van der Waals surface area contributed by atoms with Crippen LogP contribution in [0.15, 0.2) is 18.2 Å². The van der Waals surface area contributed by atoms with E-state index in [2.05, 4.69) is 5.32 Å². The minimum atomic E-state index is -0.588. The molecule has 0 amide bonds. The molecule has 0 unspecified atom stereocenters. The van der Waals surface area contributed by atoms with Crippen LogP contribution in [-0.2, 0) is 0 Å². The number of unbranched alkanes of at least 4 members (excludes halogenated alkanes) is 2. The van der Waals surface area contributed by atoms with Gasteiger partial charge in [0, 0.05) is 24.7 Å². The van der Waals surface area contributed by atoms with Crippen molar-refractivity contribution in [3.63, 3.8) is 0 Å². The highest BCUT2D eigenvalue weighted by atomic mass is 19.1. The minimum absolute atomic E-state index is 0.435. The third kappa shape index (κ3) is 4.41. The smallest absolute Gasteiger partial charge is 0.128 e. The van der Waals surface area contributed by atoms with Gasteiger partial charge in [0.15, 0.2) is 0 Å². The molecular weight excluding hydrogens is 198 g/mol. The van der Waals surface area contributed by atoms with Crippen molar-refractivity contribution in [2.24, 2.45) is 0 Å². The van der Waals surface area contributed by atoms with E-state index in [1.54, 1.807) is 0 Å². The molecule has 0 spiro atoms. The molecule has 0 aliphatic rings. The molecule has 0 heterocycles. The third-order valence-electron chi connectivity index (χ3n) is 1.91. The molecule has 1 rings (SSSR count). The van der Waals surface area contributed by atoms with E-state index in [-0.39, 0.29) is 0 Å². The van der Waals surface area contributed by atoms with Crippen molar-refractivity contribution in [1.29, 1.82) is 5.26 Å². The summed E-state index contributed by atoms with van der Waals surface area (Å²) >= 11 is 0. The second kappa shape index (κ2) is 5.97. The summed E-state index contributed by atoms with van der Waals surface area (Å²) in [5.74, 6) is -1.18. The molecule has 0 bridgehead atoms. The molecule has 0 saturated carbocycles. The minimum Gasteiger partial charge on any atom is -0.385 e. The second-order valence-corrected chi connectivity index (χ2v) is 3.20. The lowest BCUT2D eigenvalue weighted by Crippen LogP contribution is -2.02. The molecule has 80 valence electrons. The van der Waals surface area contributed by atoms with Crippen molar-refractivity contribution in [3.05, 3.63) is 29.8 Å². The Bertz CT molecular complexity index is 338. The first-order valence-electron chi connectivity index (χ1n) is 4.79. The fourth-order valence-corrected chi connectivity index (χ4v) is 1.22. The van der Waals surface area contributed by atoms with E-state index in [1.165, 1.54) is 12.1 Å². The molecule has 0 aromatic heterocycles. The summed E-state index contributed by atoms with van der Waals surface area (Å²) in [4.78, 5) is 0. The molecule has 0 aliphatic heterocycles. The quantitative estimate of drug-likeness (QED) is 0.758. The van der Waals surface area contributed by atoms with Crippen molar-refractivity contribution in [3.8, 4) is 6.07 Å². The number of nitrogens with one attached hydrogen (secondary N) is 1. The van der Waals surface area contributed by atoms with E-state index in [0.29, 0.717) is 18.7 Å². The van der Waals surface area contributed by atoms with Crippen LogP contribution in [0.2, 0.25) is 0 Å². The lowest BCUT2D eigenvalue weighted by Gasteiger charge is -2.05. The first-order chi connectivity index (χ1) is 7.22. The van der Waals surface area contributed by atoms with Crippen molar-refractivity contribution in [2.75, 3.05) is 11.9 Å². The predicted molar refractivity (Wildman–Crippen MR) is 54.3 cm³/mol. The van der Waals surface area contributed by atoms with E-state index in [1.807, 2.05) is 6.07 Å². The van der Waals surface area contributed by atoms with Gasteiger partial charge in [-0.25, -0.2) is 8.78 Å². The maximum atomic E-state index is 12.7. The fourth-order valence-electron chi connectivity index (χ4n) is 1.22. The van der Waals surface area contributed by atoms with Crippen LogP contribution in [0.1, 0.15) is 19.3 Å². The number of halogens is 2. The van der Waals surface area contributed by atoms with Crippen LogP contribution in [0.25, 0.3) is 0 Å². The fraction of sp³-hybridized carbons (Fsp3) is 0.364. The highest BCUT2D eigenvalue weighted by Crippen LogP contribution is 2.12. The van der Waals surface area contributed by atoms with E-state index in [4.69, 9.17) is 5.26 Å². The number of hydrogen-bond acceptors (Lipinski definition) is 2. The first kappa shape index (κ1) is 11.4. The van der Waals surface area contributed by atoms with Gasteiger partial charge in [0.2, 0.25) is 0 Å². The Morgan fingerprint density at radius 2 is 1.80 bits per heavy atom. The van der Waals surface area contributed by atoms with Crippen LogP contribution in [0, 0.1) is 23.0 Å². The zero-order valence-corrected chi connectivity index (χ0v) is 8.26. The molecule has 1 aromatic carbocycles. The summed E-state index contributed by atoms with van der Waals surface area (Å²) in [5, 5.41) is 11.2. The SMILES string of the molecule is N#CCCCCNc1cc(F)cc(F)c1. The highest BCUT2D eigenvalue weighted by molar-refractivity contribution is 5.43. The maximum absolute atomic E-state index is 12.7. The van der Waals surface area contributed by atoms with Gasteiger partial charge < -0.3 is 5.32 Å². The average molecular weight is 210 g/mol. The van der Waals surface area contributed by atoms with Gasteiger partial charge in [-0.15, -0.1) is 0 Å². The van der Waals surface area contributed by atoms with Crippen LogP contribution in [0.4, 0.5) is 14.5 Å². The molecule has 4 heteroatoms. The molecule has 1 N–H and O–H groups in total. The van der Waals surface area contributed by atoms with E-state index >= 15 is 0 Å². The van der Waals surface area contributed by atoms with Crippen LogP contribution in [0.5, 0.6) is 0 Å². The summed E-state index contributed by atoms with van der Waals surface area (Å²) in [7, 11) is 0. The Labute approximate surface area is 87.5 Å². The third-order valence-corrected chi connectivity index (χ3v) is 1.91. The van der Waals surface area contributed by atoms with Crippen LogP contribution >= 0.6 is 0 Å². The standard InChI is InChI=1S/C11H12F2N2/c12-9-6-10(13)8-11(7-9)15-5-3-1-2-4-14/h6-8,15H,1-3,5H2. The second-order valence-electron chi connectivity index (χ2n) is 3.20. The Kier molecular flexibility index (Phi) is 4.55. The van der Waals surface area contributed by atoms with E-state index < -0.39 is 11.6 Å². The van der Waals surface area contributed by atoms with Gasteiger partial charge in [-0.05, 0) is 25.0 Å². The number of hydrogen-bond donors (Lipinski definition) is 1. The summed E-state index contributed by atoms with van der Waals surface area (Å²) in [5.41, 5.74) is 0.435. The maximum Gasteiger partial charge on any atom is 0.128 e. The number of nitriles is 1. The molecule has 0 radical (unpaired) electrons. The van der Waals surface area contributed by atoms with Gasteiger partial charge in [0.25, 0.3) is 0 Å². The average Bonchev–Trinajstić information content (AvgIpc) is 2.16. The number of nitrogens with zero attached hydrogens (tertiary/aromatic N) is 1. The first-order valence-corrected chi connectivity index (χ1v) is 4.79. The van der Waals surface area contributed by atoms with Crippen molar-refractivity contribution in [1.82, 2.24) is 0 Å². The number of benzene rings is 1. The molecule has 0 fully saturated rings. The van der Waals surface area contributed by atoms with Crippen molar-refractivity contribution < 1.29 is 8.78 Å². The van der Waals surface area contributed by atoms with Crippen LogP contribution in [0.3, 0.4) is 0 Å². The molecule has 0 aliphatic carbocycles. The summed E-state index contributed by atoms with van der Waals surface area (Å²) in [6.45, 7) is 0.616. The lowest BCUT2D eigenvalue weighted by atomic mass is 10.2. The van der Waals surface area contributed by atoms with Gasteiger partial charge in [-0.3, -0.25) is 0 Å². The number of rotatable bonds is 5. The van der Waals surface area contributed by atoms with Gasteiger partial charge >= 0.3 is 0 Å². The normalized spacial score (nSPS) is 9.67. The largest absolute Gasteiger partial charge is 0.385 e. The van der Waals surface area contributed by atoms with Gasteiger partial charge in [-0.1, -0.05) is 0 Å². The Hall–Kier alpha value is -1.63. The number of anilines is 1.